The van der Waals surface area contributed by atoms with Crippen LogP contribution in [0.4, 0.5) is 0 Å². The quantitative estimate of drug-likeness (QED) is 0.411. The molecular formula is C24H28N2O6. The number of carbonyl (C=O) groups is 4. The molecular weight excluding hydrogens is 412 g/mol. The average Bonchev–Trinajstić information content (AvgIpc) is 2.81. The van der Waals surface area contributed by atoms with Crippen LogP contribution in [0.3, 0.4) is 0 Å². The second-order valence-electron chi connectivity index (χ2n) is 6.81. The van der Waals surface area contributed by atoms with E-state index in [1.807, 2.05) is 0 Å². The van der Waals surface area contributed by atoms with Crippen LogP contribution in [0.5, 0.6) is 0 Å². The van der Waals surface area contributed by atoms with Gasteiger partial charge in [0.05, 0.1) is 24.3 Å². The van der Waals surface area contributed by atoms with Gasteiger partial charge in [0.1, 0.15) is 0 Å². The summed E-state index contributed by atoms with van der Waals surface area (Å²) in [6, 6.07) is 12.5. The Hall–Kier alpha value is -3.68. The van der Waals surface area contributed by atoms with Gasteiger partial charge in [-0.25, -0.2) is 9.59 Å². The van der Waals surface area contributed by atoms with Crippen LogP contribution < -0.4 is 10.6 Å². The molecule has 0 saturated carbocycles. The van der Waals surface area contributed by atoms with Gasteiger partial charge in [-0.15, -0.1) is 0 Å². The van der Waals surface area contributed by atoms with E-state index in [0.29, 0.717) is 61.4 Å². The Morgan fingerprint density at radius 2 is 0.906 bits per heavy atom. The largest absolute Gasteiger partial charge is 0.462 e. The third kappa shape index (κ3) is 7.54. The van der Waals surface area contributed by atoms with Gasteiger partial charge in [0.25, 0.3) is 11.8 Å². The lowest BCUT2D eigenvalue weighted by molar-refractivity contribution is 0.0516. The Labute approximate surface area is 187 Å². The number of rotatable bonds is 11. The maximum Gasteiger partial charge on any atom is 0.338 e. The Bertz CT molecular complexity index is 845. The summed E-state index contributed by atoms with van der Waals surface area (Å²) in [5.41, 5.74) is 1.71. The molecule has 2 amide bonds. The Morgan fingerprint density at radius 1 is 0.594 bits per heavy atom. The summed E-state index contributed by atoms with van der Waals surface area (Å²) in [5, 5.41) is 5.62. The van der Waals surface area contributed by atoms with Crippen molar-refractivity contribution in [2.24, 2.45) is 0 Å². The van der Waals surface area contributed by atoms with Gasteiger partial charge < -0.3 is 20.1 Å². The number of ether oxygens (including phenoxy) is 2. The molecule has 0 aliphatic carbocycles. The summed E-state index contributed by atoms with van der Waals surface area (Å²) in [7, 11) is 0. The summed E-state index contributed by atoms with van der Waals surface area (Å²) in [6.07, 6.45) is 1.38. The Balaban J connectivity index is 1.66. The van der Waals surface area contributed by atoms with E-state index in [1.165, 1.54) is 0 Å². The molecule has 32 heavy (non-hydrogen) atoms. The van der Waals surface area contributed by atoms with Crippen LogP contribution in [-0.4, -0.2) is 50.1 Å². The van der Waals surface area contributed by atoms with E-state index in [9.17, 15) is 19.2 Å². The number of benzene rings is 2. The minimum atomic E-state index is -0.420. The van der Waals surface area contributed by atoms with Gasteiger partial charge in [0.15, 0.2) is 0 Å². The van der Waals surface area contributed by atoms with Crippen LogP contribution in [-0.2, 0) is 9.47 Å². The van der Waals surface area contributed by atoms with Gasteiger partial charge in [0, 0.05) is 24.2 Å². The molecule has 0 atom stereocenters. The molecule has 2 aromatic rings. The molecule has 170 valence electrons. The van der Waals surface area contributed by atoms with Crippen molar-refractivity contribution in [2.75, 3.05) is 26.3 Å². The third-order valence-electron chi connectivity index (χ3n) is 4.49. The van der Waals surface area contributed by atoms with Crippen molar-refractivity contribution in [3.63, 3.8) is 0 Å². The number of carbonyl (C=O) groups excluding carboxylic acids is 4. The van der Waals surface area contributed by atoms with E-state index in [4.69, 9.17) is 9.47 Å². The molecule has 0 unspecified atom stereocenters. The van der Waals surface area contributed by atoms with E-state index >= 15 is 0 Å². The summed E-state index contributed by atoms with van der Waals surface area (Å²) in [5.74, 6) is -1.30. The van der Waals surface area contributed by atoms with Crippen LogP contribution in [0.15, 0.2) is 48.5 Å². The molecule has 2 aromatic carbocycles. The normalized spacial score (nSPS) is 10.2. The Morgan fingerprint density at radius 3 is 1.22 bits per heavy atom. The molecule has 0 radical (unpaired) electrons. The standard InChI is InChI=1S/C24H28N2O6/c1-3-31-23(29)19-11-7-17(8-12-19)21(27)25-15-5-6-16-26-22(28)18-9-13-20(14-10-18)24(30)32-4-2/h7-14H,3-6,15-16H2,1-2H3,(H,25,27)(H,26,28). The van der Waals surface area contributed by atoms with E-state index in [1.54, 1.807) is 62.4 Å². The average molecular weight is 440 g/mol. The summed E-state index contributed by atoms with van der Waals surface area (Å²) in [6.45, 7) is 4.98. The molecule has 0 spiro atoms. The van der Waals surface area contributed by atoms with Crippen molar-refractivity contribution in [3.8, 4) is 0 Å². The fourth-order valence-electron chi connectivity index (χ4n) is 2.80. The molecule has 0 fully saturated rings. The van der Waals surface area contributed by atoms with Crippen LogP contribution in [0.1, 0.15) is 68.1 Å². The second kappa shape index (κ2) is 12.9. The molecule has 0 aromatic heterocycles. The first-order chi connectivity index (χ1) is 15.5. The highest BCUT2D eigenvalue weighted by Crippen LogP contribution is 2.07. The van der Waals surface area contributed by atoms with Crippen molar-refractivity contribution in [2.45, 2.75) is 26.7 Å². The van der Waals surface area contributed by atoms with Gasteiger partial charge in [-0.1, -0.05) is 0 Å². The van der Waals surface area contributed by atoms with Crippen LogP contribution in [0.2, 0.25) is 0 Å². The summed E-state index contributed by atoms with van der Waals surface area (Å²) >= 11 is 0. The predicted octanol–water partition coefficient (Wildman–Crippen LogP) is 2.98. The van der Waals surface area contributed by atoms with Crippen molar-refractivity contribution < 1.29 is 28.7 Å². The molecule has 8 nitrogen and oxygen atoms in total. The molecule has 2 rings (SSSR count). The zero-order valence-corrected chi connectivity index (χ0v) is 18.3. The zero-order chi connectivity index (χ0) is 23.3. The number of hydrogen-bond acceptors (Lipinski definition) is 6. The zero-order valence-electron chi connectivity index (χ0n) is 18.3. The predicted molar refractivity (Wildman–Crippen MR) is 119 cm³/mol. The second-order valence-corrected chi connectivity index (χ2v) is 6.81. The summed E-state index contributed by atoms with van der Waals surface area (Å²) in [4.78, 5) is 47.6. The van der Waals surface area contributed by atoms with Gasteiger partial charge in [0.2, 0.25) is 0 Å². The minimum absolute atomic E-state index is 0.230. The number of hydrogen-bond donors (Lipinski definition) is 2. The van der Waals surface area contributed by atoms with Gasteiger partial charge in [-0.3, -0.25) is 9.59 Å². The number of esters is 2. The fraction of sp³-hybridized carbons (Fsp3) is 0.333. The van der Waals surface area contributed by atoms with Gasteiger partial charge >= 0.3 is 11.9 Å². The molecule has 0 aliphatic rings. The van der Waals surface area contributed by atoms with E-state index in [2.05, 4.69) is 10.6 Å². The van der Waals surface area contributed by atoms with Gasteiger partial charge in [-0.05, 0) is 75.2 Å². The third-order valence-corrected chi connectivity index (χ3v) is 4.49. The van der Waals surface area contributed by atoms with Crippen molar-refractivity contribution in [1.29, 1.82) is 0 Å². The lowest BCUT2D eigenvalue weighted by Gasteiger charge is -2.08. The first-order valence-corrected chi connectivity index (χ1v) is 10.6. The van der Waals surface area contributed by atoms with E-state index in [0.717, 1.165) is 0 Å². The van der Waals surface area contributed by atoms with Gasteiger partial charge in [-0.2, -0.15) is 0 Å². The maximum atomic E-state index is 12.2. The summed E-state index contributed by atoms with van der Waals surface area (Å²) < 4.78 is 9.82. The SMILES string of the molecule is CCOC(=O)c1ccc(C(=O)NCCCCNC(=O)c2ccc(C(=O)OCC)cc2)cc1. The first kappa shape index (κ1) is 24.6. The Kier molecular flexibility index (Phi) is 9.90. The maximum absolute atomic E-state index is 12.2. The first-order valence-electron chi connectivity index (χ1n) is 10.6. The molecule has 8 heteroatoms. The van der Waals surface area contributed by atoms with Crippen LogP contribution >= 0.6 is 0 Å². The molecule has 0 saturated heterocycles. The lowest BCUT2D eigenvalue weighted by Crippen LogP contribution is -2.27. The highest BCUT2D eigenvalue weighted by atomic mass is 16.5. The lowest BCUT2D eigenvalue weighted by atomic mass is 10.1. The highest BCUT2D eigenvalue weighted by Gasteiger charge is 2.10. The van der Waals surface area contributed by atoms with E-state index in [-0.39, 0.29) is 11.8 Å². The van der Waals surface area contributed by atoms with Crippen LogP contribution in [0, 0.1) is 0 Å². The van der Waals surface area contributed by atoms with Crippen molar-refractivity contribution >= 4 is 23.8 Å². The monoisotopic (exact) mass is 440 g/mol. The molecule has 0 heterocycles. The van der Waals surface area contributed by atoms with Crippen molar-refractivity contribution in [1.82, 2.24) is 10.6 Å². The molecule has 0 bridgehead atoms. The van der Waals surface area contributed by atoms with Crippen molar-refractivity contribution in [3.05, 3.63) is 70.8 Å². The van der Waals surface area contributed by atoms with E-state index < -0.39 is 11.9 Å². The fourth-order valence-corrected chi connectivity index (χ4v) is 2.80. The molecule has 0 aliphatic heterocycles. The number of unbranched alkanes of at least 4 members (excludes halogenated alkanes) is 1. The topological polar surface area (TPSA) is 111 Å². The highest BCUT2D eigenvalue weighted by molar-refractivity contribution is 5.97. The smallest absolute Gasteiger partial charge is 0.338 e. The van der Waals surface area contributed by atoms with Crippen LogP contribution in [0.25, 0.3) is 0 Å². The minimum Gasteiger partial charge on any atom is -0.462 e. The molecule has 2 N–H and O–H groups in total. The number of nitrogens with one attached hydrogen (secondary N) is 2. The number of amides is 2.